The highest BCUT2D eigenvalue weighted by atomic mass is 35.5. The summed E-state index contributed by atoms with van der Waals surface area (Å²) in [4.78, 5) is 27.6. The third-order valence-electron chi connectivity index (χ3n) is 4.59. The van der Waals surface area contributed by atoms with Crippen molar-refractivity contribution in [3.63, 3.8) is 0 Å². The van der Waals surface area contributed by atoms with E-state index in [1.54, 1.807) is 17.0 Å². The van der Waals surface area contributed by atoms with Crippen molar-refractivity contribution in [2.45, 2.75) is 51.6 Å². The van der Waals surface area contributed by atoms with Crippen molar-refractivity contribution in [1.29, 1.82) is 0 Å². The molecule has 31 heavy (non-hydrogen) atoms. The number of benzene rings is 2. The average molecular weight is 502 g/mol. The van der Waals surface area contributed by atoms with Crippen molar-refractivity contribution in [3.05, 3.63) is 68.7 Å². The van der Waals surface area contributed by atoms with Crippen LogP contribution in [-0.4, -0.2) is 34.6 Å². The van der Waals surface area contributed by atoms with Gasteiger partial charge in [0.1, 0.15) is 6.04 Å². The Hall–Kier alpha value is -1.40. The number of halogens is 3. The quantitative estimate of drug-likeness (QED) is 0.421. The number of nitrogens with one attached hydrogen (secondary N) is 1. The lowest BCUT2D eigenvalue weighted by Crippen LogP contribution is -2.50. The second-order valence-corrected chi connectivity index (χ2v) is 9.65. The lowest BCUT2D eigenvalue weighted by molar-refractivity contribution is -0.139. The Morgan fingerprint density at radius 2 is 1.74 bits per heavy atom. The zero-order valence-electron chi connectivity index (χ0n) is 17.8. The van der Waals surface area contributed by atoms with Crippen molar-refractivity contribution in [2.24, 2.45) is 0 Å². The van der Waals surface area contributed by atoms with Gasteiger partial charge in [0.25, 0.3) is 0 Å². The van der Waals surface area contributed by atoms with Gasteiger partial charge in [-0.3, -0.25) is 9.59 Å². The third-order valence-corrected chi connectivity index (χ3v) is 6.67. The lowest BCUT2D eigenvalue weighted by atomic mass is 10.1. The number of rotatable bonds is 10. The van der Waals surface area contributed by atoms with Crippen LogP contribution in [0.5, 0.6) is 0 Å². The first-order valence-corrected chi connectivity index (χ1v) is 12.4. The number of thioether (sulfide) groups is 1. The van der Waals surface area contributed by atoms with Gasteiger partial charge in [-0.15, -0.1) is 11.8 Å². The number of carbonyl (C=O) groups is 2. The largest absolute Gasteiger partial charge is 0.352 e. The predicted octanol–water partition coefficient (Wildman–Crippen LogP) is 6.21. The molecule has 0 aromatic heterocycles. The van der Waals surface area contributed by atoms with E-state index in [9.17, 15) is 9.59 Å². The van der Waals surface area contributed by atoms with E-state index in [0.717, 1.165) is 11.1 Å². The minimum Gasteiger partial charge on any atom is -0.352 e. The van der Waals surface area contributed by atoms with Crippen molar-refractivity contribution in [2.75, 3.05) is 5.75 Å². The van der Waals surface area contributed by atoms with Gasteiger partial charge in [-0.05, 0) is 49.6 Å². The van der Waals surface area contributed by atoms with E-state index in [4.69, 9.17) is 34.8 Å². The minimum absolute atomic E-state index is 0.0157. The second kappa shape index (κ2) is 12.6. The summed E-state index contributed by atoms with van der Waals surface area (Å²) in [5.74, 6) is 0.565. The molecule has 2 aromatic rings. The summed E-state index contributed by atoms with van der Waals surface area (Å²) in [6, 6.07) is 12.2. The minimum atomic E-state index is -0.578. The standard InChI is InChI=1S/C23H27Cl3N2O2S/c1-4-21(23(30)27-15(2)3)28(12-16-9-10-19(25)20(26)11-16)22(29)14-31-13-17-7-5-6-8-18(17)24/h5-11,15,21H,4,12-14H2,1-3H3,(H,27,30)/t21-/m0/s1. The first kappa shape index (κ1) is 25.9. The molecule has 0 saturated heterocycles. The highest BCUT2D eigenvalue weighted by Gasteiger charge is 2.29. The van der Waals surface area contributed by atoms with Gasteiger partial charge in [-0.1, -0.05) is 66.0 Å². The molecule has 1 N–H and O–H groups in total. The fourth-order valence-corrected chi connectivity index (χ4v) is 4.60. The molecule has 0 unspecified atom stereocenters. The molecular formula is C23H27Cl3N2O2S. The van der Waals surface area contributed by atoms with E-state index in [2.05, 4.69) is 5.32 Å². The van der Waals surface area contributed by atoms with E-state index in [0.29, 0.717) is 27.2 Å². The number of hydrogen-bond donors (Lipinski definition) is 1. The maximum absolute atomic E-state index is 13.2. The molecule has 0 bridgehead atoms. The maximum Gasteiger partial charge on any atom is 0.243 e. The molecule has 168 valence electrons. The van der Waals surface area contributed by atoms with Crippen LogP contribution in [0.25, 0.3) is 0 Å². The first-order valence-electron chi connectivity index (χ1n) is 10.1. The van der Waals surface area contributed by atoms with Crippen LogP contribution in [0, 0.1) is 0 Å². The van der Waals surface area contributed by atoms with E-state index in [1.807, 2.05) is 51.1 Å². The van der Waals surface area contributed by atoms with E-state index in [-0.39, 0.29) is 30.2 Å². The number of amides is 2. The zero-order valence-corrected chi connectivity index (χ0v) is 20.9. The molecule has 4 nitrogen and oxygen atoms in total. The number of carbonyl (C=O) groups excluding carboxylic acids is 2. The highest BCUT2D eigenvalue weighted by Crippen LogP contribution is 2.25. The molecule has 0 heterocycles. The summed E-state index contributed by atoms with van der Waals surface area (Å²) in [7, 11) is 0. The monoisotopic (exact) mass is 500 g/mol. The Labute approximate surface area is 203 Å². The van der Waals surface area contributed by atoms with Crippen molar-refractivity contribution >= 4 is 58.4 Å². The van der Waals surface area contributed by atoms with Gasteiger partial charge in [-0.25, -0.2) is 0 Å². The average Bonchev–Trinajstić information content (AvgIpc) is 2.71. The van der Waals surface area contributed by atoms with Crippen LogP contribution in [0.4, 0.5) is 0 Å². The molecule has 2 amide bonds. The summed E-state index contributed by atoms with van der Waals surface area (Å²) >= 11 is 19.9. The normalized spacial score (nSPS) is 12.0. The van der Waals surface area contributed by atoms with Crippen LogP contribution in [0.2, 0.25) is 15.1 Å². The summed E-state index contributed by atoms with van der Waals surface area (Å²) in [5.41, 5.74) is 1.79. The van der Waals surface area contributed by atoms with Crippen LogP contribution in [-0.2, 0) is 21.9 Å². The second-order valence-electron chi connectivity index (χ2n) is 7.44. The van der Waals surface area contributed by atoms with Gasteiger partial charge >= 0.3 is 0 Å². The lowest BCUT2D eigenvalue weighted by Gasteiger charge is -2.31. The van der Waals surface area contributed by atoms with Crippen LogP contribution in [0.1, 0.15) is 38.3 Å². The van der Waals surface area contributed by atoms with Gasteiger partial charge in [-0.2, -0.15) is 0 Å². The van der Waals surface area contributed by atoms with Gasteiger partial charge < -0.3 is 10.2 Å². The molecular weight excluding hydrogens is 475 g/mol. The van der Waals surface area contributed by atoms with Gasteiger partial charge in [0.2, 0.25) is 11.8 Å². The number of hydrogen-bond acceptors (Lipinski definition) is 3. The van der Waals surface area contributed by atoms with Crippen LogP contribution >= 0.6 is 46.6 Å². The molecule has 0 aliphatic carbocycles. The molecule has 8 heteroatoms. The zero-order chi connectivity index (χ0) is 23.0. The number of nitrogens with zero attached hydrogens (tertiary/aromatic N) is 1. The molecule has 0 aliphatic rings. The molecule has 2 aromatic carbocycles. The van der Waals surface area contributed by atoms with Crippen molar-refractivity contribution in [3.8, 4) is 0 Å². The highest BCUT2D eigenvalue weighted by molar-refractivity contribution is 7.99. The SMILES string of the molecule is CC[C@@H](C(=O)NC(C)C)N(Cc1ccc(Cl)c(Cl)c1)C(=O)CSCc1ccccc1Cl. The summed E-state index contributed by atoms with van der Waals surface area (Å²) < 4.78 is 0. The van der Waals surface area contributed by atoms with Gasteiger partial charge in [0.15, 0.2) is 0 Å². The summed E-state index contributed by atoms with van der Waals surface area (Å²) in [5, 5.41) is 4.46. The summed E-state index contributed by atoms with van der Waals surface area (Å²) in [6.07, 6.45) is 0.501. The van der Waals surface area contributed by atoms with Gasteiger partial charge in [0.05, 0.1) is 15.8 Å². The van der Waals surface area contributed by atoms with E-state index < -0.39 is 6.04 Å². The third kappa shape index (κ3) is 7.90. The topological polar surface area (TPSA) is 49.4 Å². The smallest absolute Gasteiger partial charge is 0.243 e. The Bertz CT molecular complexity index is 908. The Morgan fingerprint density at radius 3 is 2.35 bits per heavy atom. The summed E-state index contributed by atoms with van der Waals surface area (Å²) in [6.45, 7) is 5.97. The van der Waals surface area contributed by atoms with Crippen LogP contribution in [0.3, 0.4) is 0 Å². The molecule has 0 fully saturated rings. The molecule has 2 rings (SSSR count). The fraction of sp³-hybridized carbons (Fsp3) is 0.391. The molecule has 0 radical (unpaired) electrons. The molecule has 0 aliphatic heterocycles. The Kier molecular flexibility index (Phi) is 10.5. The van der Waals surface area contributed by atoms with Crippen LogP contribution < -0.4 is 5.32 Å². The van der Waals surface area contributed by atoms with Crippen molar-refractivity contribution < 1.29 is 9.59 Å². The maximum atomic E-state index is 13.2. The van der Waals surface area contributed by atoms with E-state index >= 15 is 0 Å². The predicted molar refractivity (Wildman–Crippen MR) is 132 cm³/mol. The fourth-order valence-electron chi connectivity index (χ4n) is 3.08. The molecule has 1 atom stereocenters. The Balaban J connectivity index is 2.18. The Morgan fingerprint density at radius 1 is 1.03 bits per heavy atom. The molecule has 0 saturated carbocycles. The van der Waals surface area contributed by atoms with Gasteiger partial charge in [0, 0.05) is 23.4 Å². The van der Waals surface area contributed by atoms with Crippen molar-refractivity contribution in [1.82, 2.24) is 10.2 Å². The molecule has 0 spiro atoms. The van der Waals surface area contributed by atoms with Crippen LogP contribution in [0.15, 0.2) is 42.5 Å². The van der Waals surface area contributed by atoms with E-state index in [1.165, 1.54) is 11.8 Å². The first-order chi connectivity index (χ1) is 14.7.